The highest BCUT2D eigenvalue weighted by Gasteiger charge is 2.16. The largest absolute Gasteiger partial charge is 0.375 e. The van der Waals surface area contributed by atoms with Crippen molar-refractivity contribution >= 4 is 11.5 Å². The van der Waals surface area contributed by atoms with Crippen LogP contribution in [0.3, 0.4) is 0 Å². The molecule has 1 fully saturated rings. The molecule has 0 unspecified atom stereocenters. The number of ether oxygens (including phenoxy) is 1. The number of benzene rings is 1. The molecule has 1 heterocycles. The van der Waals surface area contributed by atoms with Crippen LogP contribution in [0.15, 0.2) is 24.3 Å². The molecule has 1 aromatic carbocycles. The average molecular weight is 219 g/mol. The summed E-state index contributed by atoms with van der Waals surface area (Å²) in [6.07, 6.45) is 0.279. The maximum Gasteiger partial charge on any atom is 0.159 e. The molecule has 1 aromatic rings. The summed E-state index contributed by atoms with van der Waals surface area (Å²) in [7, 11) is 0. The van der Waals surface area contributed by atoms with E-state index in [1.165, 1.54) is 5.69 Å². The number of Topliss-reactive ketones (excluding diaryl/α,β-unsaturated/α-hetero) is 1. The van der Waals surface area contributed by atoms with Crippen molar-refractivity contribution < 1.29 is 9.53 Å². The number of morpholine rings is 1. The number of rotatable bonds is 2. The van der Waals surface area contributed by atoms with Crippen molar-refractivity contribution in [2.75, 3.05) is 24.6 Å². The van der Waals surface area contributed by atoms with E-state index in [2.05, 4.69) is 11.8 Å². The van der Waals surface area contributed by atoms with Crippen molar-refractivity contribution in [1.29, 1.82) is 0 Å². The summed E-state index contributed by atoms with van der Waals surface area (Å²) < 4.78 is 5.50. The summed E-state index contributed by atoms with van der Waals surface area (Å²) in [6, 6.07) is 7.79. The van der Waals surface area contributed by atoms with Crippen molar-refractivity contribution in [1.82, 2.24) is 0 Å². The Labute approximate surface area is 96.0 Å². The smallest absolute Gasteiger partial charge is 0.159 e. The standard InChI is InChI=1S/C13H17NO2/c1-10-9-14(7-8-16-10)13-5-3-12(4-6-13)11(2)15/h3-6,10H,7-9H2,1-2H3/t10-/m1/s1. The molecule has 1 aliphatic rings. The number of nitrogens with zero attached hydrogens (tertiary/aromatic N) is 1. The minimum Gasteiger partial charge on any atom is -0.375 e. The molecule has 86 valence electrons. The van der Waals surface area contributed by atoms with Crippen LogP contribution in [0.4, 0.5) is 5.69 Å². The lowest BCUT2D eigenvalue weighted by Gasteiger charge is -2.32. The van der Waals surface area contributed by atoms with E-state index in [1.54, 1.807) is 6.92 Å². The SMILES string of the molecule is CC(=O)c1ccc(N2CCO[C@H](C)C2)cc1. The van der Waals surface area contributed by atoms with E-state index in [0.29, 0.717) is 0 Å². The average Bonchev–Trinajstić information content (AvgIpc) is 2.29. The maximum absolute atomic E-state index is 11.2. The van der Waals surface area contributed by atoms with Crippen molar-refractivity contribution in [3.05, 3.63) is 29.8 Å². The van der Waals surface area contributed by atoms with Crippen LogP contribution in [-0.4, -0.2) is 31.6 Å². The zero-order valence-electron chi connectivity index (χ0n) is 9.77. The van der Waals surface area contributed by atoms with Crippen LogP contribution in [0.2, 0.25) is 0 Å². The predicted molar refractivity (Wildman–Crippen MR) is 64.1 cm³/mol. The quantitative estimate of drug-likeness (QED) is 0.713. The molecule has 0 aliphatic carbocycles. The monoisotopic (exact) mass is 219 g/mol. The van der Waals surface area contributed by atoms with Crippen LogP contribution in [-0.2, 0) is 4.74 Å². The fourth-order valence-electron chi connectivity index (χ4n) is 1.96. The summed E-state index contributed by atoms with van der Waals surface area (Å²) in [5.41, 5.74) is 1.94. The molecule has 3 heteroatoms. The molecular weight excluding hydrogens is 202 g/mol. The van der Waals surface area contributed by atoms with E-state index in [1.807, 2.05) is 24.3 Å². The maximum atomic E-state index is 11.2. The second-order valence-electron chi connectivity index (χ2n) is 4.23. The first kappa shape index (κ1) is 11.1. The van der Waals surface area contributed by atoms with Gasteiger partial charge in [-0.25, -0.2) is 0 Å². The second-order valence-corrected chi connectivity index (χ2v) is 4.23. The minimum absolute atomic E-state index is 0.113. The first-order chi connectivity index (χ1) is 7.66. The van der Waals surface area contributed by atoms with Gasteiger partial charge in [0.1, 0.15) is 0 Å². The minimum atomic E-state index is 0.113. The highest BCUT2D eigenvalue weighted by atomic mass is 16.5. The molecule has 2 rings (SSSR count). The Hall–Kier alpha value is -1.35. The van der Waals surface area contributed by atoms with E-state index in [4.69, 9.17) is 4.74 Å². The number of hydrogen-bond donors (Lipinski definition) is 0. The molecule has 0 bridgehead atoms. The van der Waals surface area contributed by atoms with Gasteiger partial charge in [0.2, 0.25) is 0 Å². The van der Waals surface area contributed by atoms with Crippen molar-refractivity contribution in [2.45, 2.75) is 20.0 Å². The van der Waals surface area contributed by atoms with E-state index in [0.717, 1.165) is 25.3 Å². The molecule has 1 aliphatic heterocycles. The van der Waals surface area contributed by atoms with Gasteiger partial charge >= 0.3 is 0 Å². The molecule has 0 N–H and O–H groups in total. The lowest BCUT2D eigenvalue weighted by atomic mass is 10.1. The van der Waals surface area contributed by atoms with Crippen LogP contribution >= 0.6 is 0 Å². The van der Waals surface area contributed by atoms with Crippen molar-refractivity contribution in [3.63, 3.8) is 0 Å². The van der Waals surface area contributed by atoms with Gasteiger partial charge < -0.3 is 9.64 Å². The predicted octanol–water partition coefficient (Wildman–Crippen LogP) is 2.11. The normalized spacial score (nSPS) is 20.9. The van der Waals surface area contributed by atoms with Gasteiger partial charge in [-0.15, -0.1) is 0 Å². The van der Waals surface area contributed by atoms with Gasteiger partial charge in [-0.05, 0) is 38.1 Å². The first-order valence-electron chi connectivity index (χ1n) is 5.64. The molecule has 0 amide bonds. The summed E-state index contributed by atoms with van der Waals surface area (Å²) in [4.78, 5) is 13.4. The molecule has 3 nitrogen and oxygen atoms in total. The number of carbonyl (C=O) groups is 1. The Morgan fingerprint density at radius 1 is 1.38 bits per heavy atom. The fourth-order valence-corrected chi connectivity index (χ4v) is 1.96. The molecule has 0 aromatic heterocycles. The topological polar surface area (TPSA) is 29.5 Å². The van der Waals surface area contributed by atoms with Gasteiger partial charge in [0, 0.05) is 24.3 Å². The van der Waals surface area contributed by atoms with Crippen molar-refractivity contribution in [3.8, 4) is 0 Å². The fraction of sp³-hybridized carbons (Fsp3) is 0.462. The third-order valence-electron chi connectivity index (χ3n) is 2.88. The molecule has 16 heavy (non-hydrogen) atoms. The number of hydrogen-bond acceptors (Lipinski definition) is 3. The van der Waals surface area contributed by atoms with Gasteiger partial charge in [-0.3, -0.25) is 4.79 Å². The molecule has 1 saturated heterocycles. The van der Waals surface area contributed by atoms with Crippen LogP contribution < -0.4 is 4.90 Å². The van der Waals surface area contributed by atoms with E-state index in [-0.39, 0.29) is 11.9 Å². The zero-order chi connectivity index (χ0) is 11.5. The summed E-state index contributed by atoms with van der Waals surface area (Å²) in [5, 5.41) is 0. The molecule has 0 radical (unpaired) electrons. The molecular formula is C13H17NO2. The Balaban J connectivity index is 2.11. The molecule has 1 atom stereocenters. The Morgan fingerprint density at radius 2 is 2.06 bits per heavy atom. The van der Waals surface area contributed by atoms with Gasteiger partial charge in [0.05, 0.1) is 12.7 Å². The van der Waals surface area contributed by atoms with Crippen LogP contribution in [0.25, 0.3) is 0 Å². The third-order valence-corrected chi connectivity index (χ3v) is 2.88. The number of anilines is 1. The Bertz CT molecular complexity index is 372. The lowest BCUT2D eigenvalue weighted by Crippen LogP contribution is -2.41. The van der Waals surface area contributed by atoms with Gasteiger partial charge in [0.25, 0.3) is 0 Å². The number of carbonyl (C=O) groups excluding carboxylic acids is 1. The van der Waals surface area contributed by atoms with E-state index >= 15 is 0 Å². The highest BCUT2D eigenvalue weighted by molar-refractivity contribution is 5.94. The summed E-state index contributed by atoms with van der Waals surface area (Å²) in [5.74, 6) is 0.113. The second kappa shape index (κ2) is 4.66. The zero-order valence-corrected chi connectivity index (χ0v) is 9.77. The summed E-state index contributed by atoms with van der Waals surface area (Å²) in [6.45, 7) is 6.28. The van der Waals surface area contributed by atoms with Gasteiger partial charge in [-0.2, -0.15) is 0 Å². The molecule has 0 spiro atoms. The first-order valence-corrected chi connectivity index (χ1v) is 5.64. The lowest BCUT2D eigenvalue weighted by molar-refractivity contribution is 0.0532. The highest BCUT2D eigenvalue weighted by Crippen LogP contribution is 2.18. The van der Waals surface area contributed by atoms with Crippen LogP contribution in [0, 0.1) is 0 Å². The van der Waals surface area contributed by atoms with Gasteiger partial charge in [-0.1, -0.05) is 0 Å². The number of ketones is 1. The summed E-state index contributed by atoms with van der Waals surface area (Å²) >= 11 is 0. The van der Waals surface area contributed by atoms with Gasteiger partial charge in [0.15, 0.2) is 5.78 Å². The van der Waals surface area contributed by atoms with Crippen molar-refractivity contribution in [2.24, 2.45) is 0 Å². The third kappa shape index (κ3) is 2.42. The van der Waals surface area contributed by atoms with E-state index < -0.39 is 0 Å². The Morgan fingerprint density at radius 3 is 2.62 bits per heavy atom. The van der Waals surface area contributed by atoms with Crippen LogP contribution in [0.5, 0.6) is 0 Å². The Kier molecular flexibility index (Phi) is 3.25. The van der Waals surface area contributed by atoms with Crippen LogP contribution in [0.1, 0.15) is 24.2 Å². The van der Waals surface area contributed by atoms with E-state index in [9.17, 15) is 4.79 Å². The molecule has 0 saturated carbocycles.